The zero-order valence-electron chi connectivity index (χ0n) is 14.6. The van der Waals surface area contributed by atoms with Gasteiger partial charge in [0.05, 0.1) is 6.21 Å². The average Bonchev–Trinajstić information content (AvgIpc) is 2.66. The van der Waals surface area contributed by atoms with E-state index in [1.165, 1.54) is 12.3 Å². The number of thiocarbonyl (C=S) groups is 1. The predicted molar refractivity (Wildman–Crippen MR) is 110 cm³/mol. The molecule has 2 aromatic carbocycles. The number of carbonyl (C=O) groups excluding carboxylic acids is 1. The fourth-order valence-electron chi connectivity index (χ4n) is 1.98. The van der Waals surface area contributed by atoms with Crippen LogP contribution in [0.2, 0.25) is 0 Å². The molecule has 0 heterocycles. The van der Waals surface area contributed by atoms with Gasteiger partial charge in [0.1, 0.15) is 0 Å². The molecule has 0 aliphatic heterocycles. The first-order valence-electron chi connectivity index (χ1n) is 7.94. The minimum Gasteiger partial charge on any atom is -0.378 e. The number of rotatable bonds is 7. The molecule has 0 unspecified atom stereocenters. The van der Waals surface area contributed by atoms with Crippen molar-refractivity contribution in [1.29, 1.82) is 0 Å². The van der Waals surface area contributed by atoms with Crippen LogP contribution in [0.1, 0.15) is 15.9 Å². The summed E-state index contributed by atoms with van der Waals surface area (Å²) in [7, 11) is 3.98. The molecular formula is C19H21N5OS. The largest absolute Gasteiger partial charge is 0.378 e. The summed E-state index contributed by atoms with van der Waals surface area (Å²) in [4.78, 5) is 13.9. The maximum atomic E-state index is 11.9. The van der Waals surface area contributed by atoms with Crippen LogP contribution in [0.25, 0.3) is 0 Å². The quantitative estimate of drug-likeness (QED) is 0.230. The van der Waals surface area contributed by atoms with E-state index in [1.54, 1.807) is 18.3 Å². The molecule has 26 heavy (non-hydrogen) atoms. The Balaban J connectivity index is 1.71. The van der Waals surface area contributed by atoms with Crippen molar-refractivity contribution >= 4 is 35.0 Å². The van der Waals surface area contributed by atoms with Gasteiger partial charge in [-0.3, -0.25) is 15.6 Å². The van der Waals surface area contributed by atoms with Gasteiger partial charge in [0.15, 0.2) is 5.78 Å². The highest BCUT2D eigenvalue weighted by atomic mass is 32.1. The average molecular weight is 367 g/mol. The van der Waals surface area contributed by atoms with E-state index in [-0.39, 0.29) is 10.9 Å². The van der Waals surface area contributed by atoms with Crippen molar-refractivity contribution in [3.8, 4) is 0 Å². The number of hydrogen-bond acceptors (Lipinski definition) is 5. The van der Waals surface area contributed by atoms with Gasteiger partial charge in [-0.15, -0.1) is 0 Å². The van der Waals surface area contributed by atoms with Crippen LogP contribution in [-0.2, 0) is 0 Å². The lowest BCUT2D eigenvalue weighted by Crippen LogP contribution is -2.39. The van der Waals surface area contributed by atoms with Gasteiger partial charge in [-0.05, 0) is 29.9 Å². The summed E-state index contributed by atoms with van der Waals surface area (Å²) >= 11 is 5.07. The molecule has 6 nitrogen and oxygen atoms in total. The summed E-state index contributed by atoms with van der Waals surface area (Å²) in [6.45, 7) is 0. The number of hydrazine groups is 1. The van der Waals surface area contributed by atoms with E-state index < -0.39 is 0 Å². The first-order valence-corrected chi connectivity index (χ1v) is 8.35. The molecule has 7 heteroatoms. The highest BCUT2D eigenvalue weighted by Crippen LogP contribution is 2.10. The van der Waals surface area contributed by atoms with E-state index in [1.807, 2.05) is 61.5 Å². The lowest BCUT2D eigenvalue weighted by atomic mass is 10.1. The van der Waals surface area contributed by atoms with E-state index in [9.17, 15) is 4.79 Å². The van der Waals surface area contributed by atoms with Crippen molar-refractivity contribution in [2.45, 2.75) is 0 Å². The van der Waals surface area contributed by atoms with Crippen molar-refractivity contribution in [2.24, 2.45) is 5.10 Å². The summed E-state index contributed by atoms with van der Waals surface area (Å²) in [5.41, 5.74) is 10.8. The normalized spacial score (nSPS) is 10.7. The predicted octanol–water partition coefficient (Wildman–Crippen LogP) is 2.45. The Kier molecular flexibility index (Phi) is 7.32. The van der Waals surface area contributed by atoms with Crippen molar-refractivity contribution in [1.82, 2.24) is 16.3 Å². The molecule has 2 rings (SSSR count). The summed E-state index contributed by atoms with van der Waals surface area (Å²) in [6, 6.07) is 17.0. The third kappa shape index (κ3) is 6.37. The second-order valence-electron chi connectivity index (χ2n) is 5.52. The summed E-state index contributed by atoms with van der Waals surface area (Å²) in [5, 5.41) is 4.33. The zero-order valence-corrected chi connectivity index (χ0v) is 15.5. The van der Waals surface area contributed by atoms with Crippen molar-refractivity contribution in [3.63, 3.8) is 0 Å². The number of hydrogen-bond donors (Lipinski definition) is 3. The molecule has 0 saturated heterocycles. The standard InChI is InChI=1S/C19H21N5OS/c1-24(2)17-10-8-15(9-11-17)14-21-23-19(26)22-20-13-12-18(25)16-6-4-3-5-7-16/h3-14,20H,1-2H3,(H2,22,23,26)/b13-12+,21-14+. The second-order valence-corrected chi connectivity index (χ2v) is 5.93. The second kappa shape index (κ2) is 9.95. The number of allylic oxidation sites excluding steroid dienone is 1. The molecule has 0 bridgehead atoms. The summed E-state index contributed by atoms with van der Waals surface area (Å²) < 4.78 is 0. The Labute approximate surface area is 158 Å². The molecule has 134 valence electrons. The molecule has 0 aromatic heterocycles. The zero-order chi connectivity index (χ0) is 18.8. The monoisotopic (exact) mass is 367 g/mol. The highest BCUT2D eigenvalue weighted by molar-refractivity contribution is 7.80. The first kappa shape index (κ1) is 19.1. The van der Waals surface area contributed by atoms with Crippen LogP contribution in [0.5, 0.6) is 0 Å². The Morgan fingerprint density at radius 1 is 1.08 bits per heavy atom. The van der Waals surface area contributed by atoms with Crippen LogP contribution in [0.15, 0.2) is 72.0 Å². The maximum absolute atomic E-state index is 11.9. The number of nitrogens with one attached hydrogen (secondary N) is 3. The van der Waals surface area contributed by atoms with Crippen LogP contribution in [-0.4, -0.2) is 31.2 Å². The maximum Gasteiger partial charge on any atom is 0.205 e. The minimum absolute atomic E-state index is 0.0991. The number of anilines is 1. The van der Waals surface area contributed by atoms with Gasteiger partial charge in [-0.1, -0.05) is 42.5 Å². The Bertz CT molecular complexity index is 785. The van der Waals surface area contributed by atoms with Crippen LogP contribution in [0.4, 0.5) is 5.69 Å². The van der Waals surface area contributed by atoms with E-state index >= 15 is 0 Å². The molecule has 2 aromatic rings. The van der Waals surface area contributed by atoms with Gasteiger partial charge in [-0.2, -0.15) is 5.10 Å². The van der Waals surface area contributed by atoms with Crippen LogP contribution in [0, 0.1) is 0 Å². The summed E-state index contributed by atoms with van der Waals surface area (Å²) in [6.07, 6.45) is 4.57. The van der Waals surface area contributed by atoms with Gasteiger partial charge < -0.3 is 10.3 Å². The Hall–Kier alpha value is -3.19. The van der Waals surface area contributed by atoms with E-state index in [4.69, 9.17) is 12.2 Å². The molecule has 0 spiro atoms. The number of carbonyl (C=O) groups is 1. The molecule has 0 aliphatic carbocycles. The van der Waals surface area contributed by atoms with Gasteiger partial charge in [-0.25, -0.2) is 0 Å². The first-order chi connectivity index (χ1) is 12.6. The van der Waals surface area contributed by atoms with Gasteiger partial charge >= 0.3 is 0 Å². The Morgan fingerprint density at radius 2 is 1.77 bits per heavy atom. The van der Waals surface area contributed by atoms with Gasteiger partial charge in [0.2, 0.25) is 5.11 Å². The number of benzene rings is 2. The van der Waals surface area contributed by atoms with Crippen LogP contribution in [0.3, 0.4) is 0 Å². The summed E-state index contributed by atoms with van der Waals surface area (Å²) in [5.74, 6) is -0.0991. The fraction of sp³-hybridized carbons (Fsp3) is 0.105. The third-order valence-electron chi connectivity index (χ3n) is 3.35. The smallest absolute Gasteiger partial charge is 0.205 e. The van der Waals surface area contributed by atoms with Gasteiger partial charge in [0.25, 0.3) is 0 Å². The lowest BCUT2D eigenvalue weighted by molar-refractivity contribution is 0.104. The topological polar surface area (TPSA) is 68.8 Å². The molecule has 0 atom stereocenters. The van der Waals surface area contributed by atoms with E-state index in [0.717, 1.165) is 11.3 Å². The SMILES string of the molecule is CN(C)c1ccc(/C=N/NC(=S)NN/C=C/C(=O)c2ccccc2)cc1. The molecular weight excluding hydrogens is 346 g/mol. The van der Waals surface area contributed by atoms with Crippen molar-refractivity contribution in [2.75, 3.05) is 19.0 Å². The van der Waals surface area contributed by atoms with E-state index in [2.05, 4.69) is 21.4 Å². The van der Waals surface area contributed by atoms with Crippen LogP contribution >= 0.6 is 12.2 Å². The number of nitrogens with zero attached hydrogens (tertiary/aromatic N) is 2. The Morgan fingerprint density at radius 3 is 2.42 bits per heavy atom. The number of ketones is 1. The minimum atomic E-state index is -0.0991. The number of hydrazone groups is 1. The van der Waals surface area contributed by atoms with Crippen molar-refractivity contribution in [3.05, 3.63) is 78.0 Å². The molecule has 0 saturated carbocycles. The van der Waals surface area contributed by atoms with Crippen LogP contribution < -0.4 is 21.2 Å². The molecule has 0 radical (unpaired) electrons. The van der Waals surface area contributed by atoms with Crippen molar-refractivity contribution < 1.29 is 4.79 Å². The molecule has 0 fully saturated rings. The molecule has 0 aliphatic rings. The highest BCUT2D eigenvalue weighted by Gasteiger charge is 1.98. The molecule has 0 amide bonds. The molecule has 3 N–H and O–H groups in total. The lowest BCUT2D eigenvalue weighted by Gasteiger charge is -2.11. The fourth-order valence-corrected chi connectivity index (χ4v) is 2.09. The van der Waals surface area contributed by atoms with E-state index in [0.29, 0.717) is 5.56 Å². The third-order valence-corrected chi connectivity index (χ3v) is 3.54. The van der Waals surface area contributed by atoms with Gasteiger partial charge in [0, 0.05) is 37.6 Å².